The number of hydrogen-bond acceptors (Lipinski definition) is 5. The number of aromatic nitrogens is 1. The summed E-state index contributed by atoms with van der Waals surface area (Å²) in [6, 6.07) is 9.88. The van der Waals surface area contributed by atoms with E-state index in [0.29, 0.717) is 37.9 Å². The van der Waals surface area contributed by atoms with Gasteiger partial charge in [-0.05, 0) is 79.0 Å². The number of ether oxygens (including phenoxy) is 1. The number of aliphatic imine (C=N–C) groups is 1. The van der Waals surface area contributed by atoms with Crippen molar-refractivity contribution in [1.82, 2.24) is 15.2 Å². The predicted molar refractivity (Wildman–Crippen MR) is 142 cm³/mol. The number of carbonyl (C=O) groups is 1. The Hall–Kier alpha value is -3.39. The van der Waals surface area contributed by atoms with Crippen LogP contribution in [-0.2, 0) is 4.74 Å². The molecule has 2 heterocycles. The van der Waals surface area contributed by atoms with E-state index >= 15 is 0 Å². The summed E-state index contributed by atoms with van der Waals surface area (Å²) in [5, 5.41) is 11.4. The van der Waals surface area contributed by atoms with Gasteiger partial charge in [0, 0.05) is 43.3 Å². The highest BCUT2D eigenvalue weighted by Gasteiger charge is 2.47. The fourth-order valence-corrected chi connectivity index (χ4v) is 6.03. The molecule has 3 aliphatic rings. The summed E-state index contributed by atoms with van der Waals surface area (Å²) in [4.78, 5) is 24.0. The smallest absolute Gasteiger partial charge is 0.318 e. The average Bonchev–Trinajstić information content (AvgIpc) is 3.24. The topological polar surface area (TPSA) is 90.7 Å². The number of allylic oxidation sites excluding steroid dienone is 2. The lowest BCUT2D eigenvalue weighted by molar-refractivity contribution is 0.0520. The number of urea groups is 1. The van der Waals surface area contributed by atoms with E-state index in [-0.39, 0.29) is 29.2 Å². The zero-order chi connectivity index (χ0) is 25.8. The minimum atomic E-state index is -0.287. The molecular weight excluding hydrogens is 469 g/mol. The first-order valence-corrected chi connectivity index (χ1v) is 13.0. The summed E-state index contributed by atoms with van der Waals surface area (Å²) in [6.07, 6.45) is 10.8. The standard InChI is InChI=1S/C29H34FN5O2/c1-29-17-21(18-31)27(33-25-8-6-24(30)7-9-25)16-23(29)5-4-22(29)15-26(20-3-2-10-32-19-20)34-28(36)35-11-13-37-14-12-35/h2-3,6-10,16,18-19,21-22,26,31H,4-5,11-15,17H2,1H3,(H,34,36). The second-order valence-corrected chi connectivity index (χ2v) is 10.4. The molecule has 1 saturated carbocycles. The largest absolute Gasteiger partial charge is 0.378 e. The highest BCUT2D eigenvalue weighted by atomic mass is 19.1. The molecule has 2 N–H and O–H groups in total. The fourth-order valence-electron chi connectivity index (χ4n) is 6.03. The Bertz CT molecular complexity index is 1180. The molecule has 194 valence electrons. The van der Waals surface area contributed by atoms with E-state index in [9.17, 15) is 9.18 Å². The lowest BCUT2D eigenvalue weighted by Crippen LogP contribution is -2.47. The molecule has 1 aliphatic heterocycles. The van der Waals surface area contributed by atoms with Gasteiger partial charge in [0.15, 0.2) is 0 Å². The van der Waals surface area contributed by atoms with Crippen LogP contribution in [-0.4, -0.2) is 54.1 Å². The number of benzene rings is 1. The zero-order valence-electron chi connectivity index (χ0n) is 21.2. The summed E-state index contributed by atoms with van der Waals surface area (Å²) in [5.74, 6) is -0.0624. The number of hydrogen-bond donors (Lipinski definition) is 2. The van der Waals surface area contributed by atoms with E-state index in [0.717, 1.165) is 37.0 Å². The van der Waals surface area contributed by atoms with E-state index in [1.807, 2.05) is 23.2 Å². The van der Waals surface area contributed by atoms with Crippen LogP contribution in [0, 0.1) is 28.5 Å². The van der Waals surface area contributed by atoms with Crippen LogP contribution in [0.15, 0.2) is 65.4 Å². The van der Waals surface area contributed by atoms with Gasteiger partial charge in [0.1, 0.15) is 5.82 Å². The summed E-state index contributed by atoms with van der Waals surface area (Å²) >= 11 is 0. The third kappa shape index (κ3) is 5.49. The molecule has 0 radical (unpaired) electrons. The van der Waals surface area contributed by atoms with Gasteiger partial charge in [0.05, 0.1) is 24.9 Å². The van der Waals surface area contributed by atoms with Crippen molar-refractivity contribution in [3.05, 3.63) is 71.8 Å². The van der Waals surface area contributed by atoms with Crippen molar-refractivity contribution in [2.45, 2.75) is 38.6 Å². The van der Waals surface area contributed by atoms with Crippen LogP contribution in [0.2, 0.25) is 0 Å². The Kier molecular flexibility index (Phi) is 7.46. The Morgan fingerprint density at radius 2 is 2.11 bits per heavy atom. The molecule has 0 bridgehead atoms. The summed E-state index contributed by atoms with van der Waals surface area (Å²) in [5.41, 5.74) is 3.82. The first-order valence-electron chi connectivity index (χ1n) is 13.0. The van der Waals surface area contributed by atoms with Crippen LogP contribution in [0.4, 0.5) is 14.9 Å². The van der Waals surface area contributed by atoms with Gasteiger partial charge in [-0.2, -0.15) is 0 Å². The number of halogens is 1. The van der Waals surface area contributed by atoms with Gasteiger partial charge in [0.25, 0.3) is 0 Å². The first-order chi connectivity index (χ1) is 18.0. The van der Waals surface area contributed by atoms with Crippen LogP contribution < -0.4 is 5.32 Å². The molecule has 4 unspecified atom stereocenters. The maximum atomic E-state index is 13.4. The van der Waals surface area contributed by atoms with Crippen molar-refractivity contribution in [3.8, 4) is 0 Å². The number of nitrogens with zero attached hydrogens (tertiary/aromatic N) is 3. The van der Waals surface area contributed by atoms with Gasteiger partial charge in [-0.25, -0.2) is 9.18 Å². The molecule has 2 fully saturated rings. The second-order valence-electron chi connectivity index (χ2n) is 10.4. The van der Waals surface area contributed by atoms with E-state index < -0.39 is 0 Å². The van der Waals surface area contributed by atoms with E-state index in [4.69, 9.17) is 15.1 Å². The molecule has 8 heteroatoms. The van der Waals surface area contributed by atoms with Gasteiger partial charge in [0.2, 0.25) is 0 Å². The molecular formula is C29H34FN5O2. The highest BCUT2D eigenvalue weighted by molar-refractivity contribution is 6.08. The number of nitrogens with one attached hydrogen (secondary N) is 2. The van der Waals surface area contributed by atoms with Crippen molar-refractivity contribution in [2.75, 3.05) is 26.3 Å². The number of morpholine rings is 1. The maximum absolute atomic E-state index is 13.4. The molecule has 2 aromatic rings. The van der Waals surface area contributed by atoms with Crippen LogP contribution >= 0.6 is 0 Å². The normalized spacial score (nSPS) is 27.4. The van der Waals surface area contributed by atoms with Crippen LogP contribution in [0.25, 0.3) is 0 Å². The highest BCUT2D eigenvalue weighted by Crippen LogP contribution is 2.56. The zero-order valence-corrected chi connectivity index (χ0v) is 21.2. The minimum absolute atomic E-state index is 0.0641. The van der Waals surface area contributed by atoms with Crippen LogP contribution in [0.1, 0.15) is 44.2 Å². The van der Waals surface area contributed by atoms with E-state index in [2.05, 4.69) is 23.3 Å². The van der Waals surface area contributed by atoms with Crippen LogP contribution in [0.5, 0.6) is 0 Å². The van der Waals surface area contributed by atoms with E-state index in [1.54, 1.807) is 18.3 Å². The van der Waals surface area contributed by atoms with Crippen molar-refractivity contribution >= 4 is 23.6 Å². The molecule has 1 aromatic heterocycles. The lowest BCUT2D eigenvalue weighted by atomic mass is 9.65. The number of rotatable bonds is 6. The summed E-state index contributed by atoms with van der Waals surface area (Å²) in [6.45, 7) is 4.61. The van der Waals surface area contributed by atoms with Gasteiger partial charge in [-0.1, -0.05) is 18.6 Å². The molecule has 1 saturated heterocycles. The molecule has 7 nitrogen and oxygen atoms in total. The van der Waals surface area contributed by atoms with Crippen molar-refractivity contribution in [1.29, 1.82) is 5.41 Å². The monoisotopic (exact) mass is 503 g/mol. The number of amides is 2. The molecule has 1 aromatic carbocycles. The quantitative estimate of drug-likeness (QED) is 0.512. The Morgan fingerprint density at radius 1 is 1.32 bits per heavy atom. The Balaban J connectivity index is 1.38. The minimum Gasteiger partial charge on any atom is -0.378 e. The number of pyridine rings is 1. The lowest BCUT2D eigenvalue weighted by Gasteiger charge is -2.40. The van der Waals surface area contributed by atoms with Crippen molar-refractivity contribution in [3.63, 3.8) is 0 Å². The Labute approximate surface area is 217 Å². The molecule has 37 heavy (non-hydrogen) atoms. The molecule has 5 rings (SSSR count). The molecule has 2 amide bonds. The number of carbonyl (C=O) groups excluding carboxylic acids is 1. The van der Waals surface area contributed by atoms with Gasteiger partial charge in [-0.15, -0.1) is 0 Å². The van der Waals surface area contributed by atoms with E-state index in [1.165, 1.54) is 23.9 Å². The molecule has 4 atom stereocenters. The van der Waals surface area contributed by atoms with Gasteiger partial charge in [-0.3, -0.25) is 9.98 Å². The maximum Gasteiger partial charge on any atom is 0.318 e. The fraction of sp³-hybridized carbons (Fsp3) is 0.448. The predicted octanol–water partition coefficient (Wildman–Crippen LogP) is 5.48. The summed E-state index contributed by atoms with van der Waals surface area (Å²) < 4.78 is 18.8. The third-order valence-electron chi connectivity index (χ3n) is 8.23. The van der Waals surface area contributed by atoms with Crippen molar-refractivity contribution < 1.29 is 13.9 Å². The van der Waals surface area contributed by atoms with Gasteiger partial charge < -0.3 is 20.4 Å². The average molecular weight is 504 g/mol. The second kappa shape index (κ2) is 10.9. The third-order valence-corrected chi connectivity index (χ3v) is 8.23. The number of fused-ring (bicyclic) bond motifs is 1. The first kappa shape index (κ1) is 25.3. The van der Waals surface area contributed by atoms with Gasteiger partial charge >= 0.3 is 6.03 Å². The molecule has 0 spiro atoms. The summed E-state index contributed by atoms with van der Waals surface area (Å²) in [7, 11) is 0. The Morgan fingerprint density at radius 3 is 2.81 bits per heavy atom. The SMILES string of the molecule is CC12CC(C=N)C(=Nc3ccc(F)cc3)C=C1CCC2CC(NC(=O)N1CCOCC1)c1cccnc1. The molecule has 2 aliphatic carbocycles. The van der Waals surface area contributed by atoms with Crippen molar-refractivity contribution in [2.24, 2.45) is 22.2 Å². The van der Waals surface area contributed by atoms with Crippen LogP contribution in [0.3, 0.4) is 0 Å².